The SMILES string of the molecule is O=P(O)(O)O.[Na+].[O-]Cl. The van der Waals surface area contributed by atoms with Crippen LogP contribution < -0.4 is 34.2 Å². The molecule has 0 aromatic heterocycles. The van der Waals surface area contributed by atoms with Gasteiger partial charge in [-0.25, -0.2) is 16.4 Å². The zero-order chi connectivity index (χ0) is 6.50. The third-order valence-corrected chi connectivity index (χ3v) is 0. The van der Waals surface area contributed by atoms with Gasteiger partial charge in [0.25, 0.3) is 0 Å². The number of rotatable bonds is 0. The monoisotopic (exact) mass is 172 g/mol. The van der Waals surface area contributed by atoms with Gasteiger partial charge in [0, 0.05) is 0 Å². The predicted molar refractivity (Wildman–Crippen MR) is 20.1 cm³/mol. The largest absolute Gasteiger partial charge is 1.00 e. The molecule has 8 heavy (non-hydrogen) atoms. The molecule has 5 nitrogen and oxygen atoms in total. The molecule has 0 heterocycles. The van der Waals surface area contributed by atoms with E-state index in [0.29, 0.717) is 0 Å². The van der Waals surface area contributed by atoms with Crippen molar-refractivity contribution in [1.29, 1.82) is 0 Å². The smallest absolute Gasteiger partial charge is 0.769 e. The van der Waals surface area contributed by atoms with Crippen molar-refractivity contribution in [2.24, 2.45) is 0 Å². The van der Waals surface area contributed by atoms with Gasteiger partial charge in [0.1, 0.15) is 0 Å². The van der Waals surface area contributed by atoms with Crippen LogP contribution in [-0.2, 0) is 4.57 Å². The molecule has 0 bridgehead atoms. The quantitative estimate of drug-likeness (QED) is 0.253. The summed E-state index contributed by atoms with van der Waals surface area (Å²) >= 11 is 3.39. The minimum atomic E-state index is -4.64. The zero-order valence-corrected chi connectivity index (χ0v) is 7.63. The summed E-state index contributed by atoms with van der Waals surface area (Å²) < 4.78 is 16.6. The molecule has 0 aliphatic carbocycles. The van der Waals surface area contributed by atoms with Crippen LogP contribution in [-0.4, -0.2) is 14.7 Å². The molecule has 46 valence electrons. The maximum atomic E-state index is 8.88. The third kappa shape index (κ3) is 161. The number of hydrogen-bond acceptors (Lipinski definition) is 2. The van der Waals surface area contributed by atoms with E-state index in [9.17, 15) is 0 Å². The van der Waals surface area contributed by atoms with Crippen molar-refractivity contribution in [3.8, 4) is 0 Å². The topological polar surface area (TPSA) is 101 Å². The first-order chi connectivity index (χ1) is 3.00. The molecule has 0 aromatic carbocycles. The second-order valence-corrected chi connectivity index (χ2v) is 1.54. The van der Waals surface area contributed by atoms with E-state index in [4.69, 9.17) is 23.9 Å². The summed E-state index contributed by atoms with van der Waals surface area (Å²) in [6, 6.07) is 0. The van der Waals surface area contributed by atoms with Gasteiger partial charge in [-0.3, -0.25) is 0 Å². The van der Waals surface area contributed by atoms with E-state index in [2.05, 4.69) is 11.9 Å². The Labute approximate surface area is 73.0 Å². The van der Waals surface area contributed by atoms with E-state index < -0.39 is 7.82 Å². The van der Waals surface area contributed by atoms with E-state index in [0.717, 1.165) is 0 Å². The van der Waals surface area contributed by atoms with Crippen LogP contribution in [0.1, 0.15) is 0 Å². The summed E-state index contributed by atoms with van der Waals surface area (Å²) in [6.07, 6.45) is 0. The predicted octanol–water partition coefficient (Wildman–Crippen LogP) is -4.42. The molecule has 0 saturated carbocycles. The molecule has 8 heteroatoms. The molecule has 0 aliphatic heterocycles. The van der Waals surface area contributed by atoms with Crippen molar-refractivity contribution in [2.45, 2.75) is 0 Å². The Hall–Kier alpha value is 1.36. The van der Waals surface area contributed by atoms with E-state index in [1.807, 2.05) is 0 Å². The average molecular weight is 172 g/mol. The van der Waals surface area contributed by atoms with Crippen LogP contribution in [0.15, 0.2) is 0 Å². The van der Waals surface area contributed by atoms with Gasteiger partial charge < -0.3 is 19.3 Å². The Morgan fingerprint density at radius 3 is 1.25 bits per heavy atom. The standard InChI is InChI=1S/ClO.Na.H3O4P/c1-2;;1-5(2,3)4/h;;(H3,1,2,3,4)/q-1;+1;. The van der Waals surface area contributed by atoms with Crippen molar-refractivity contribution in [1.82, 2.24) is 0 Å². The maximum absolute atomic E-state index is 8.88. The van der Waals surface area contributed by atoms with Crippen molar-refractivity contribution in [2.75, 3.05) is 0 Å². The second kappa shape index (κ2) is 8.36. The minimum absolute atomic E-state index is 0. The van der Waals surface area contributed by atoms with Crippen molar-refractivity contribution >= 4 is 19.7 Å². The van der Waals surface area contributed by atoms with Crippen molar-refractivity contribution < 1.29 is 53.5 Å². The Morgan fingerprint density at radius 2 is 1.25 bits per heavy atom. The van der Waals surface area contributed by atoms with Crippen LogP contribution in [0.25, 0.3) is 0 Å². The molecule has 0 unspecified atom stereocenters. The van der Waals surface area contributed by atoms with Crippen LogP contribution in [0.4, 0.5) is 0 Å². The van der Waals surface area contributed by atoms with Crippen LogP contribution in [0.2, 0.25) is 0 Å². The molecule has 0 spiro atoms. The van der Waals surface area contributed by atoms with Gasteiger partial charge in [-0.1, -0.05) is 0 Å². The Bertz CT molecular complexity index is 58.6. The zero-order valence-electron chi connectivity index (χ0n) is 3.98. The fraction of sp³-hybridized carbons (Fsp3) is 0. The first-order valence-corrected chi connectivity index (χ1v) is 2.81. The first-order valence-electron chi connectivity index (χ1n) is 0.937. The molecule has 0 aromatic rings. The van der Waals surface area contributed by atoms with Crippen LogP contribution in [0.5, 0.6) is 0 Å². The van der Waals surface area contributed by atoms with Crippen LogP contribution in [0.3, 0.4) is 0 Å². The fourth-order valence-electron chi connectivity index (χ4n) is 0. The number of hydrogen-bond donors (Lipinski definition) is 3. The Kier molecular flexibility index (Phi) is 16.9. The van der Waals surface area contributed by atoms with E-state index >= 15 is 0 Å². The molecule has 0 rings (SSSR count). The van der Waals surface area contributed by atoms with Gasteiger partial charge in [-0.2, -0.15) is 0 Å². The molecule has 0 fully saturated rings. The summed E-state index contributed by atoms with van der Waals surface area (Å²) in [4.78, 5) is 21.6. The van der Waals surface area contributed by atoms with Gasteiger partial charge in [0.15, 0.2) is 0 Å². The average Bonchev–Trinajstić information content (AvgIpc) is 1.36. The normalized spacial score (nSPS) is 8.12. The third-order valence-electron chi connectivity index (χ3n) is 0. The summed E-state index contributed by atoms with van der Waals surface area (Å²) in [5.74, 6) is 0. The summed E-state index contributed by atoms with van der Waals surface area (Å²) in [6.45, 7) is 0. The van der Waals surface area contributed by atoms with E-state index in [1.165, 1.54) is 0 Å². The van der Waals surface area contributed by atoms with Gasteiger partial charge in [-0.05, 0) is 0 Å². The number of phosphoric acid groups is 1. The molecule has 0 aliphatic rings. The van der Waals surface area contributed by atoms with Crippen molar-refractivity contribution in [3.05, 3.63) is 0 Å². The van der Waals surface area contributed by atoms with Crippen molar-refractivity contribution in [3.63, 3.8) is 0 Å². The fourth-order valence-corrected chi connectivity index (χ4v) is 0. The molecular weight excluding hydrogens is 169 g/mol. The summed E-state index contributed by atoms with van der Waals surface area (Å²) in [5, 5.41) is 0. The molecule has 0 atom stereocenters. The molecular formula is H3ClNaO5P. The molecule has 0 saturated heterocycles. The van der Waals surface area contributed by atoms with Gasteiger partial charge in [0.2, 0.25) is 0 Å². The van der Waals surface area contributed by atoms with Crippen LogP contribution in [0, 0.1) is 0 Å². The van der Waals surface area contributed by atoms with Crippen LogP contribution >= 0.6 is 19.7 Å². The Morgan fingerprint density at radius 1 is 1.25 bits per heavy atom. The first kappa shape index (κ1) is 16.2. The van der Waals surface area contributed by atoms with E-state index in [-0.39, 0.29) is 29.6 Å². The number of halogens is 1. The summed E-state index contributed by atoms with van der Waals surface area (Å²) in [5.41, 5.74) is 0. The molecule has 3 N–H and O–H groups in total. The molecule has 0 radical (unpaired) electrons. The Balaban J connectivity index is -0.0000000750. The minimum Gasteiger partial charge on any atom is -0.769 e. The van der Waals surface area contributed by atoms with Gasteiger partial charge in [-0.15, -0.1) is 0 Å². The summed E-state index contributed by atoms with van der Waals surface area (Å²) in [7, 11) is -4.64. The van der Waals surface area contributed by atoms with Gasteiger partial charge in [0.05, 0.1) is 0 Å². The second-order valence-electron chi connectivity index (χ2n) is 0.513. The molecule has 0 amide bonds. The van der Waals surface area contributed by atoms with Gasteiger partial charge >= 0.3 is 37.4 Å². The maximum Gasteiger partial charge on any atom is 1.00 e. The van der Waals surface area contributed by atoms with E-state index in [1.54, 1.807) is 0 Å².